The molecular weight excluding hydrogens is 345 g/mol. The lowest BCUT2D eigenvalue weighted by atomic mass is 10.2. The van der Waals surface area contributed by atoms with E-state index in [4.69, 9.17) is 0 Å². The van der Waals surface area contributed by atoms with Crippen LogP contribution in [0.4, 0.5) is 24.7 Å². The molecule has 2 rings (SSSR count). The third-order valence-electron chi connectivity index (χ3n) is 3.63. The molecule has 0 bridgehead atoms. The molecule has 0 fully saturated rings. The molecule has 0 aliphatic carbocycles. The Bertz CT molecular complexity index is 726. The van der Waals surface area contributed by atoms with Crippen LogP contribution in [-0.2, 0) is 6.18 Å². The SMILES string of the molecule is CCCN(CCC)c1cnc(C(=O)Nc2cccc(C(F)(F)F)c2)cn1. The fourth-order valence-electron chi connectivity index (χ4n) is 2.45. The summed E-state index contributed by atoms with van der Waals surface area (Å²) in [6, 6.07) is 4.45. The molecule has 0 aliphatic rings. The van der Waals surface area contributed by atoms with E-state index in [1.807, 2.05) is 0 Å². The van der Waals surface area contributed by atoms with Gasteiger partial charge in [0, 0.05) is 18.8 Å². The summed E-state index contributed by atoms with van der Waals surface area (Å²) in [4.78, 5) is 22.6. The number of nitrogens with zero attached hydrogens (tertiary/aromatic N) is 3. The third kappa shape index (κ3) is 5.18. The van der Waals surface area contributed by atoms with Crippen LogP contribution in [0.15, 0.2) is 36.7 Å². The summed E-state index contributed by atoms with van der Waals surface area (Å²) >= 11 is 0. The highest BCUT2D eigenvalue weighted by Gasteiger charge is 2.30. The summed E-state index contributed by atoms with van der Waals surface area (Å²) < 4.78 is 38.2. The molecular formula is C18H21F3N4O. The Morgan fingerprint density at radius 1 is 1.12 bits per heavy atom. The number of aromatic nitrogens is 2. The normalized spacial score (nSPS) is 11.3. The molecule has 1 heterocycles. The van der Waals surface area contributed by atoms with Crippen LogP contribution < -0.4 is 10.2 Å². The lowest BCUT2D eigenvalue weighted by Crippen LogP contribution is -2.26. The Morgan fingerprint density at radius 2 is 1.81 bits per heavy atom. The second-order valence-corrected chi connectivity index (χ2v) is 5.78. The molecule has 1 amide bonds. The highest BCUT2D eigenvalue weighted by atomic mass is 19.4. The number of carbonyl (C=O) groups excluding carboxylic acids is 1. The van der Waals surface area contributed by atoms with E-state index in [9.17, 15) is 18.0 Å². The summed E-state index contributed by atoms with van der Waals surface area (Å²) in [6.07, 6.45) is 0.284. The number of alkyl halides is 3. The van der Waals surface area contributed by atoms with Crippen LogP contribution in [0.25, 0.3) is 0 Å². The Kier molecular flexibility index (Phi) is 6.54. The van der Waals surface area contributed by atoms with Crippen molar-refractivity contribution < 1.29 is 18.0 Å². The van der Waals surface area contributed by atoms with Gasteiger partial charge in [-0.2, -0.15) is 13.2 Å². The minimum atomic E-state index is -4.47. The Balaban J connectivity index is 2.11. The quantitative estimate of drug-likeness (QED) is 0.790. The van der Waals surface area contributed by atoms with Crippen molar-refractivity contribution in [2.24, 2.45) is 0 Å². The summed E-state index contributed by atoms with van der Waals surface area (Å²) in [5.74, 6) is 0.0604. The molecule has 1 aromatic carbocycles. The lowest BCUT2D eigenvalue weighted by molar-refractivity contribution is -0.137. The van der Waals surface area contributed by atoms with Crippen LogP contribution in [0.1, 0.15) is 42.7 Å². The maximum atomic E-state index is 12.7. The number of halogens is 3. The molecule has 0 saturated carbocycles. The first-order valence-corrected chi connectivity index (χ1v) is 8.40. The molecule has 1 N–H and O–H groups in total. The van der Waals surface area contributed by atoms with E-state index in [2.05, 4.69) is 34.0 Å². The predicted molar refractivity (Wildman–Crippen MR) is 94.2 cm³/mol. The second kappa shape index (κ2) is 8.64. The number of hydrogen-bond acceptors (Lipinski definition) is 4. The Morgan fingerprint density at radius 3 is 2.35 bits per heavy atom. The zero-order valence-electron chi connectivity index (χ0n) is 14.7. The molecule has 0 atom stereocenters. The molecule has 8 heteroatoms. The van der Waals surface area contributed by atoms with E-state index in [-0.39, 0.29) is 11.4 Å². The van der Waals surface area contributed by atoms with E-state index < -0.39 is 17.6 Å². The largest absolute Gasteiger partial charge is 0.416 e. The van der Waals surface area contributed by atoms with E-state index >= 15 is 0 Å². The van der Waals surface area contributed by atoms with Crippen LogP contribution in [0, 0.1) is 0 Å². The van der Waals surface area contributed by atoms with Gasteiger partial charge in [0.15, 0.2) is 0 Å². The fourth-order valence-corrected chi connectivity index (χ4v) is 2.45. The standard InChI is InChI=1S/C18H21F3N4O/c1-3-8-25(9-4-2)16-12-22-15(11-23-16)17(26)24-14-7-5-6-13(10-14)18(19,20)21/h5-7,10-12H,3-4,8-9H2,1-2H3,(H,24,26). The van der Waals surface area contributed by atoms with E-state index in [0.717, 1.165) is 38.1 Å². The minimum absolute atomic E-state index is 0.0408. The van der Waals surface area contributed by atoms with Crippen molar-refractivity contribution >= 4 is 17.4 Å². The number of nitrogens with one attached hydrogen (secondary N) is 1. The van der Waals surface area contributed by atoms with Gasteiger partial charge < -0.3 is 10.2 Å². The molecule has 140 valence electrons. The molecule has 0 unspecified atom stereocenters. The van der Waals surface area contributed by atoms with Gasteiger partial charge in [0.25, 0.3) is 5.91 Å². The number of hydrogen-bond donors (Lipinski definition) is 1. The molecule has 5 nitrogen and oxygen atoms in total. The van der Waals surface area contributed by atoms with Crippen molar-refractivity contribution in [3.63, 3.8) is 0 Å². The van der Waals surface area contributed by atoms with Crippen LogP contribution in [0.5, 0.6) is 0 Å². The van der Waals surface area contributed by atoms with Gasteiger partial charge in [-0.05, 0) is 31.0 Å². The lowest BCUT2D eigenvalue weighted by Gasteiger charge is -2.22. The monoisotopic (exact) mass is 366 g/mol. The average Bonchev–Trinajstić information content (AvgIpc) is 2.61. The number of rotatable bonds is 7. The topological polar surface area (TPSA) is 58.1 Å². The number of amides is 1. The van der Waals surface area contributed by atoms with Crippen molar-refractivity contribution in [1.82, 2.24) is 9.97 Å². The fraction of sp³-hybridized carbons (Fsp3) is 0.389. The van der Waals surface area contributed by atoms with Gasteiger partial charge in [-0.25, -0.2) is 9.97 Å². The first kappa shape index (κ1) is 19.7. The maximum absolute atomic E-state index is 12.7. The summed E-state index contributed by atoms with van der Waals surface area (Å²) in [7, 11) is 0. The van der Waals surface area contributed by atoms with Crippen molar-refractivity contribution in [2.75, 3.05) is 23.3 Å². The molecule has 0 aliphatic heterocycles. The van der Waals surface area contributed by atoms with Crippen molar-refractivity contribution in [3.8, 4) is 0 Å². The highest BCUT2D eigenvalue weighted by Crippen LogP contribution is 2.30. The maximum Gasteiger partial charge on any atom is 0.416 e. The zero-order valence-corrected chi connectivity index (χ0v) is 14.7. The Labute approximate surface area is 150 Å². The van der Waals surface area contributed by atoms with Crippen molar-refractivity contribution in [1.29, 1.82) is 0 Å². The number of benzene rings is 1. The molecule has 1 aromatic heterocycles. The molecule has 26 heavy (non-hydrogen) atoms. The molecule has 0 radical (unpaired) electrons. The van der Waals surface area contributed by atoms with Crippen LogP contribution in [-0.4, -0.2) is 29.0 Å². The summed E-state index contributed by atoms with van der Waals surface area (Å²) in [6.45, 7) is 5.79. The smallest absolute Gasteiger partial charge is 0.355 e. The highest BCUT2D eigenvalue weighted by molar-refractivity contribution is 6.02. The van der Waals surface area contributed by atoms with Crippen molar-refractivity contribution in [3.05, 3.63) is 47.9 Å². The predicted octanol–water partition coefficient (Wildman–Crippen LogP) is 4.37. The molecule has 0 saturated heterocycles. The summed E-state index contributed by atoms with van der Waals surface area (Å²) in [5, 5.41) is 2.41. The molecule has 0 spiro atoms. The third-order valence-corrected chi connectivity index (χ3v) is 3.63. The van der Waals surface area contributed by atoms with Gasteiger partial charge in [-0.15, -0.1) is 0 Å². The van der Waals surface area contributed by atoms with Crippen LogP contribution >= 0.6 is 0 Å². The number of carbonyl (C=O) groups is 1. The van der Waals surface area contributed by atoms with Gasteiger partial charge in [0.2, 0.25) is 0 Å². The van der Waals surface area contributed by atoms with Gasteiger partial charge in [-0.1, -0.05) is 19.9 Å². The zero-order chi connectivity index (χ0) is 19.2. The van der Waals surface area contributed by atoms with Crippen molar-refractivity contribution in [2.45, 2.75) is 32.9 Å². The van der Waals surface area contributed by atoms with Gasteiger partial charge in [0.1, 0.15) is 11.5 Å². The van der Waals surface area contributed by atoms with E-state index in [1.54, 1.807) is 0 Å². The molecule has 2 aromatic rings. The van der Waals surface area contributed by atoms with E-state index in [0.29, 0.717) is 5.82 Å². The number of anilines is 2. The Hall–Kier alpha value is -2.64. The van der Waals surface area contributed by atoms with Gasteiger partial charge in [-0.3, -0.25) is 4.79 Å². The van der Waals surface area contributed by atoms with Crippen LogP contribution in [0.3, 0.4) is 0 Å². The summed E-state index contributed by atoms with van der Waals surface area (Å²) in [5.41, 5.74) is -0.736. The van der Waals surface area contributed by atoms with E-state index in [1.165, 1.54) is 24.5 Å². The first-order chi connectivity index (χ1) is 12.3. The van der Waals surface area contributed by atoms with Gasteiger partial charge >= 0.3 is 6.18 Å². The van der Waals surface area contributed by atoms with Crippen LogP contribution in [0.2, 0.25) is 0 Å². The van der Waals surface area contributed by atoms with Gasteiger partial charge in [0.05, 0.1) is 18.0 Å². The minimum Gasteiger partial charge on any atom is -0.355 e. The second-order valence-electron chi connectivity index (χ2n) is 5.78. The first-order valence-electron chi connectivity index (χ1n) is 8.40. The average molecular weight is 366 g/mol.